The third kappa shape index (κ3) is 3.43. The molecule has 5 heteroatoms. The number of hydrogen-bond acceptors (Lipinski definition) is 3. The highest BCUT2D eigenvalue weighted by Gasteiger charge is 2.43. The van der Waals surface area contributed by atoms with Gasteiger partial charge in [-0.25, -0.2) is 9.98 Å². The number of pyridine rings is 1. The van der Waals surface area contributed by atoms with Crippen molar-refractivity contribution in [3.05, 3.63) is 23.9 Å². The van der Waals surface area contributed by atoms with Crippen LogP contribution in [-0.4, -0.2) is 49.6 Å². The SMILES string of the molecule is CCNC(=NCc1cccnc1N(C)C)N1CCC2(CCC2)C1. The van der Waals surface area contributed by atoms with E-state index in [1.54, 1.807) is 0 Å². The van der Waals surface area contributed by atoms with E-state index in [-0.39, 0.29) is 0 Å². The van der Waals surface area contributed by atoms with Gasteiger partial charge in [0.25, 0.3) is 0 Å². The van der Waals surface area contributed by atoms with Crippen LogP contribution in [0.1, 0.15) is 38.2 Å². The van der Waals surface area contributed by atoms with E-state index < -0.39 is 0 Å². The molecule has 1 aliphatic carbocycles. The Morgan fingerprint density at radius 1 is 1.39 bits per heavy atom. The van der Waals surface area contributed by atoms with Crippen molar-refractivity contribution in [1.82, 2.24) is 15.2 Å². The summed E-state index contributed by atoms with van der Waals surface area (Å²) in [5.41, 5.74) is 1.77. The summed E-state index contributed by atoms with van der Waals surface area (Å²) >= 11 is 0. The van der Waals surface area contributed by atoms with Crippen LogP contribution in [0.3, 0.4) is 0 Å². The molecule has 0 atom stereocenters. The number of nitrogens with zero attached hydrogens (tertiary/aromatic N) is 4. The van der Waals surface area contributed by atoms with Crippen molar-refractivity contribution >= 4 is 11.8 Å². The summed E-state index contributed by atoms with van der Waals surface area (Å²) in [6.07, 6.45) is 7.37. The molecule has 1 N–H and O–H groups in total. The Balaban J connectivity index is 1.72. The van der Waals surface area contributed by atoms with Crippen molar-refractivity contribution in [2.45, 2.75) is 39.2 Å². The summed E-state index contributed by atoms with van der Waals surface area (Å²) in [6, 6.07) is 4.11. The number of nitrogens with one attached hydrogen (secondary N) is 1. The van der Waals surface area contributed by atoms with Crippen molar-refractivity contribution in [2.24, 2.45) is 10.4 Å². The van der Waals surface area contributed by atoms with Gasteiger partial charge in [0.05, 0.1) is 6.54 Å². The Hall–Kier alpha value is -1.78. The van der Waals surface area contributed by atoms with Gasteiger partial charge in [-0.15, -0.1) is 0 Å². The molecule has 2 heterocycles. The zero-order valence-corrected chi connectivity index (χ0v) is 14.7. The second-order valence-electron chi connectivity index (χ2n) is 7.08. The number of anilines is 1. The molecule has 126 valence electrons. The molecular weight excluding hydrogens is 286 g/mol. The number of aromatic nitrogens is 1. The molecule has 23 heavy (non-hydrogen) atoms. The van der Waals surface area contributed by atoms with E-state index in [1.807, 2.05) is 26.4 Å². The van der Waals surface area contributed by atoms with Crippen LogP contribution in [0.25, 0.3) is 0 Å². The molecule has 1 saturated carbocycles. The van der Waals surface area contributed by atoms with E-state index in [2.05, 4.69) is 33.1 Å². The minimum atomic E-state index is 0.597. The van der Waals surface area contributed by atoms with Gasteiger partial charge in [0.1, 0.15) is 5.82 Å². The Morgan fingerprint density at radius 3 is 2.83 bits per heavy atom. The lowest BCUT2D eigenvalue weighted by Crippen LogP contribution is -2.42. The summed E-state index contributed by atoms with van der Waals surface area (Å²) < 4.78 is 0. The van der Waals surface area contributed by atoms with Gasteiger partial charge in [0, 0.05) is 45.5 Å². The van der Waals surface area contributed by atoms with Gasteiger partial charge in [-0.05, 0) is 37.7 Å². The molecule has 2 aliphatic rings. The zero-order chi connectivity index (χ0) is 16.3. The normalized spacial score (nSPS) is 19.8. The first kappa shape index (κ1) is 16.1. The van der Waals surface area contributed by atoms with Crippen LogP contribution in [0.15, 0.2) is 23.3 Å². The Labute approximate surface area is 139 Å². The van der Waals surface area contributed by atoms with Crippen LogP contribution in [0.4, 0.5) is 5.82 Å². The second kappa shape index (κ2) is 6.77. The van der Waals surface area contributed by atoms with Crippen molar-refractivity contribution < 1.29 is 0 Å². The molecule has 1 aliphatic heterocycles. The van der Waals surface area contributed by atoms with E-state index in [0.29, 0.717) is 12.0 Å². The molecule has 0 unspecified atom stereocenters. The van der Waals surface area contributed by atoms with E-state index in [1.165, 1.54) is 37.8 Å². The van der Waals surface area contributed by atoms with Crippen molar-refractivity contribution in [3.8, 4) is 0 Å². The molecular formula is C18H29N5. The highest BCUT2D eigenvalue weighted by atomic mass is 15.3. The first-order chi connectivity index (χ1) is 11.1. The lowest BCUT2D eigenvalue weighted by atomic mass is 9.68. The fourth-order valence-corrected chi connectivity index (χ4v) is 3.74. The molecule has 0 aromatic carbocycles. The van der Waals surface area contributed by atoms with Crippen LogP contribution in [0.5, 0.6) is 0 Å². The average Bonchev–Trinajstić information content (AvgIpc) is 2.97. The molecule has 1 aromatic rings. The molecule has 5 nitrogen and oxygen atoms in total. The first-order valence-corrected chi connectivity index (χ1v) is 8.78. The largest absolute Gasteiger partial charge is 0.362 e. The summed E-state index contributed by atoms with van der Waals surface area (Å²) in [7, 11) is 4.06. The van der Waals surface area contributed by atoms with Crippen molar-refractivity contribution in [2.75, 3.05) is 38.6 Å². The highest BCUT2D eigenvalue weighted by Crippen LogP contribution is 2.47. The van der Waals surface area contributed by atoms with Crippen LogP contribution < -0.4 is 10.2 Å². The first-order valence-electron chi connectivity index (χ1n) is 8.78. The predicted molar refractivity (Wildman–Crippen MR) is 95.9 cm³/mol. The summed E-state index contributed by atoms with van der Waals surface area (Å²) in [4.78, 5) is 13.9. The minimum absolute atomic E-state index is 0.597. The van der Waals surface area contributed by atoms with Gasteiger partial charge in [-0.2, -0.15) is 0 Å². The monoisotopic (exact) mass is 315 g/mol. The van der Waals surface area contributed by atoms with Gasteiger partial charge in [-0.3, -0.25) is 0 Å². The maximum absolute atomic E-state index is 4.90. The van der Waals surface area contributed by atoms with E-state index in [4.69, 9.17) is 4.99 Å². The predicted octanol–water partition coefficient (Wildman–Crippen LogP) is 2.49. The molecule has 0 amide bonds. The fourth-order valence-electron chi connectivity index (χ4n) is 3.74. The highest BCUT2D eigenvalue weighted by molar-refractivity contribution is 5.80. The number of guanidine groups is 1. The van der Waals surface area contributed by atoms with Crippen molar-refractivity contribution in [1.29, 1.82) is 0 Å². The Kier molecular flexibility index (Phi) is 4.74. The molecule has 2 fully saturated rings. The standard InChI is InChI=1S/C18H29N5/c1-4-19-17(23-12-10-18(14-23)8-6-9-18)21-13-15-7-5-11-20-16(15)22(2)3/h5,7,11H,4,6,8-10,12-14H2,1-3H3,(H,19,21). The molecule has 1 saturated heterocycles. The molecule has 1 aromatic heterocycles. The topological polar surface area (TPSA) is 43.8 Å². The van der Waals surface area contributed by atoms with E-state index >= 15 is 0 Å². The number of aliphatic imine (C=N–C) groups is 1. The lowest BCUT2D eigenvalue weighted by Gasteiger charge is -2.38. The summed E-state index contributed by atoms with van der Waals surface area (Å²) in [6.45, 7) is 6.04. The minimum Gasteiger partial charge on any atom is -0.362 e. The number of hydrogen-bond donors (Lipinski definition) is 1. The lowest BCUT2D eigenvalue weighted by molar-refractivity contribution is 0.151. The molecule has 0 bridgehead atoms. The van der Waals surface area contributed by atoms with Gasteiger partial charge in [0.2, 0.25) is 0 Å². The quantitative estimate of drug-likeness (QED) is 0.685. The van der Waals surface area contributed by atoms with Gasteiger partial charge in [-0.1, -0.05) is 12.5 Å². The van der Waals surface area contributed by atoms with Crippen LogP contribution in [0.2, 0.25) is 0 Å². The van der Waals surface area contributed by atoms with Crippen molar-refractivity contribution in [3.63, 3.8) is 0 Å². The molecule has 3 rings (SSSR count). The van der Waals surface area contributed by atoms with E-state index in [0.717, 1.165) is 24.9 Å². The maximum Gasteiger partial charge on any atom is 0.194 e. The number of likely N-dealkylation sites (tertiary alicyclic amines) is 1. The molecule has 0 radical (unpaired) electrons. The van der Waals surface area contributed by atoms with Crippen LogP contribution in [0, 0.1) is 5.41 Å². The second-order valence-corrected chi connectivity index (χ2v) is 7.08. The maximum atomic E-state index is 4.90. The third-order valence-corrected chi connectivity index (χ3v) is 5.18. The smallest absolute Gasteiger partial charge is 0.194 e. The zero-order valence-electron chi connectivity index (χ0n) is 14.7. The summed E-state index contributed by atoms with van der Waals surface area (Å²) in [5, 5.41) is 3.47. The number of rotatable bonds is 4. The van der Waals surface area contributed by atoms with Gasteiger partial charge < -0.3 is 15.1 Å². The third-order valence-electron chi connectivity index (χ3n) is 5.18. The molecule has 1 spiro atoms. The summed E-state index contributed by atoms with van der Waals surface area (Å²) in [5.74, 6) is 2.06. The van der Waals surface area contributed by atoms with Crippen LogP contribution in [-0.2, 0) is 6.54 Å². The van der Waals surface area contributed by atoms with Gasteiger partial charge >= 0.3 is 0 Å². The Morgan fingerprint density at radius 2 is 2.22 bits per heavy atom. The Bertz CT molecular complexity index is 562. The van der Waals surface area contributed by atoms with Gasteiger partial charge in [0.15, 0.2) is 5.96 Å². The van der Waals surface area contributed by atoms with E-state index in [9.17, 15) is 0 Å². The fraction of sp³-hybridized carbons (Fsp3) is 0.667. The average molecular weight is 315 g/mol. The van der Waals surface area contributed by atoms with Crippen LogP contribution >= 0.6 is 0 Å².